The van der Waals surface area contributed by atoms with Crippen LogP contribution in [-0.4, -0.2) is 28.8 Å². The van der Waals surface area contributed by atoms with E-state index in [-0.39, 0.29) is 11.3 Å². The van der Waals surface area contributed by atoms with Crippen LogP contribution < -0.4 is 4.74 Å². The summed E-state index contributed by atoms with van der Waals surface area (Å²) in [6.07, 6.45) is 0.965. The number of nitrogens with zero attached hydrogens (tertiary/aromatic N) is 2. The number of carbonyl (C=O) groups is 1. The van der Waals surface area contributed by atoms with Gasteiger partial charge in [0, 0.05) is 23.3 Å². The van der Waals surface area contributed by atoms with E-state index in [1.807, 2.05) is 19.1 Å². The van der Waals surface area contributed by atoms with Gasteiger partial charge < -0.3 is 9.84 Å². The number of ether oxygens (including phenoxy) is 1. The Bertz CT molecular complexity index is 880. The van der Waals surface area contributed by atoms with Gasteiger partial charge in [-0.1, -0.05) is 52.0 Å². The van der Waals surface area contributed by atoms with Gasteiger partial charge in [-0.15, -0.1) is 0 Å². The van der Waals surface area contributed by atoms with E-state index in [0.29, 0.717) is 29.7 Å². The van der Waals surface area contributed by atoms with Crippen molar-refractivity contribution >= 4 is 11.6 Å². The van der Waals surface area contributed by atoms with Crippen LogP contribution in [0.3, 0.4) is 0 Å². The third-order valence-electron chi connectivity index (χ3n) is 5.19. The molecule has 0 saturated carbocycles. The summed E-state index contributed by atoms with van der Waals surface area (Å²) in [6, 6.07) is 14.6. The van der Waals surface area contributed by atoms with Crippen molar-refractivity contribution in [3.8, 4) is 5.75 Å². The van der Waals surface area contributed by atoms with Crippen molar-refractivity contribution in [2.75, 3.05) is 7.11 Å². The van der Waals surface area contributed by atoms with Crippen molar-refractivity contribution in [2.45, 2.75) is 51.7 Å². The number of hydrazone groups is 1. The fourth-order valence-electron chi connectivity index (χ4n) is 3.35. The lowest BCUT2D eigenvalue weighted by Gasteiger charge is -2.31. The van der Waals surface area contributed by atoms with Crippen molar-refractivity contribution in [2.24, 2.45) is 5.10 Å². The third-order valence-corrected chi connectivity index (χ3v) is 5.19. The first kappa shape index (κ1) is 20.1. The molecule has 1 aliphatic heterocycles. The van der Waals surface area contributed by atoms with Crippen LogP contribution >= 0.6 is 0 Å². The van der Waals surface area contributed by atoms with Crippen LogP contribution in [0.5, 0.6) is 5.75 Å². The fraction of sp³-hybridized carbons (Fsp3) is 0.391. The highest BCUT2D eigenvalue weighted by Gasteiger charge is 2.45. The first-order valence-corrected chi connectivity index (χ1v) is 9.57. The molecule has 2 aromatic carbocycles. The number of methoxy groups -OCH3 is 1. The van der Waals surface area contributed by atoms with Crippen molar-refractivity contribution in [1.82, 2.24) is 5.01 Å². The van der Waals surface area contributed by atoms with Crippen molar-refractivity contribution in [1.29, 1.82) is 0 Å². The molecule has 0 aromatic heterocycles. The van der Waals surface area contributed by atoms with E-state index in [0.717, 1.165) is 11.3 Å². The van der Waals surface area contributed by atoms with Crippen LogP contribution in [0, 0.1) is 0 Å². The maximum atomic E-state index is 13.2. The van der Waals surface area contributed by atoms with Gasteiger partial charge in [0.2, 0.25) is 0 Å². The Morgan fingerprint density at radius 3 is 2.25 bits per heavy atom. The van der Waals surface area contributed by atoms with E-state index in [1.165, 1.54) is 5.01 Å². The Labute approximate surface area is 166 Å². The Balaban J connectivity index is 1.96. The molecule has 0 spiro atoms. The lowest BCUT2D eigenvalue weighted by atomic mass is 9.86. The van der Waals surface area contributed by atoms with Crippen LogP contribution in [0.25, 0.3) is 0 Å². The number of hydrogen-bond acceptors (Lipinski definition) is 4. The number of rotatable bonds is 4. The van der Waals surface area contributed by atoms with E-state index in [4.69, 9.17) is 4.74 Å². The summed E-state index contributed by atoms with van der Waals surface area (Å²) in [5, 5.41) is 17.1. The Morgan fingerprint density at radius 1 is 1.14 bits per heavy atom. The molecule has 5 nitrogen and oxygen atoms in total. The first-order valence-electron chi connectivity index (χ1n) is 9.57. The van der Waals surface area contributed by atoms with Crippen LogP contribution in [0.1, 0.15) is 62.0 Å². The SMILES string of the molecule is CCC1=NN(C(=O)c2ccc(C(C)(C)C)cc2)C(O)(c2ccc(OC)cc2)C1. The molecule has 0 radical (unpaired) electrons. The molecule has 3 rings (SSSR count). The number of carbonyl (C=O) groups excluding carboxylic acids is 1. The number of benzene rings is 2. The molecule has 1 amide bonds. The van der Waals surface area contributed by atoms with Gasteiger partial charge in [0.05, 0.1) is 7.11 Å². The van der Waals surface area contributed by atoms with Gasteiger partial charge in [0.25, 0.3) is 5.91 Å². The average molecular weight is 380 g/mol. The summed E-state index contributed by atoms with van der Waals surface area (Å²) in [7, 11) is 1.59. The second kappa shape index (κ2) is 7.40. The zero-order chi connectivity index (χ0) is 20.5. The van der Waals surface area contributed by atoms with Gasteiger partial charge in [-0.25, -0.2) is 0 Å². The van der Waals surface area contributed by atoms with Crippen LogP contribution in [0.15, 0.2) is 53.6 Å². The molecule has 1 N–H and O–H groups in total. The minimum Gasteiger partial charge on any atom is -0.497 e. The summed E-state index contributed by atoms with van der Waals surface area (Å²) in [5.41, 5.74) is 1.55. The highest BCUT2D eigenvalue weighted by molar-refractivity contribution is 5.98. The molecular formula is C23H28N2O3. The molecule has 5 heteroatoms. The van der Waals surface area contributed by atoms with Gasteiger partial charge in [0.15, 0.2) is 5.72 Å². The first-order chi connectivity index (χ1) is 13.2. The predicted octanol–water partition coefficient (Wildman–Crippen LogP) is 4.45. The summed E-state index contributed by atoms with van der Waals surface area (Å²) in [5.74, 6) is 0.375. The number of hydrogen-bond donors (Lipinski definition) is 1. The van der Waals surface area contributed by atoms with Gasteiger partial charge in [-0.05, 0) is 41.7 Å². The quantitative estimate of drug-likeness (QED) is 0.852. The lowest BCUT2D eigenvalue weighted by molar-refractivity contribution is -0.0765. The third kappa shape index (κ3) is 3.67. The molecule has 0 saturated heterocycles. The normalized spacial score (nSPS) is 19.5. The Hall–Kier alpha value is -2.66. The minimum absolute atomic E-state index is 0.00653. The maximum absolute atomic E-state index is 13.2. The Kier molecular flexibility index (Phi) is 5.31. The minimum atomic E-state index is -1.50. The fourth-order valence-corrected chi connectivity index (χ4v) is 3.35. The van der Waals surface area contributed by atoms with E-state index < -0.39 is 5.72 Å². The van der Waals surface area contributed by atoms with Gasteiger partial charge >= 0.3 is 0 Å². The Morgan fingerprint density at radius 2 is 1.75 bits per heavy atom. The maximum Gasteiger partial charge on any atom is 0.276 e. The molecule has 1 aliphatic rings. The standard InChI is InChI=1S/C23H28N2O3/c1-6-19-15-23(27,18-11-13-20(28-5)14-12-18)25(24-19)21(26)16-7-9-17(10-8-16)22(2,3)4/h7-14,27H,6,15H2,1-5H3. The van der Waals surface area contributed by atoms with Gasteiger partial charge in [-0.2, -0.15) is 10.1 Å². The summed E-state index contributed by atoms with van der Waals surface area (Å²) in [6.45, 7) is 8.36. The summed E-state index contributed by atoms with van der Waals surface area (Å²) < 4.78 is 5.20. The molecule has 0 aliphatic carbocycles. The van der Waals surface area contributed by atoms with E-state index in [9.17, 15) is 9.90 Å². The molecule has 2 aromatic rings. The molecule has 148 valence electrons. The van der Waals surface area contributed by atoms with Gasteiger partial charge in [0.1, 0.15) is 5.75 Å². The molecule has 1 atom stereocenters. The van der Waals surface area contributed by atoms with Crippen LogP contribution in [-0.2, 0) is 11.1 Å². The summed E-state index contributed by atoms with van der Waals surface area (Å²) >= 11 is 0. The van der Waals surface area contributed by atoms with E-state index in [1.54, 1.807) is 43.5 Å². The second-order valence-electron chi connectivity index (χ2n) is 8.19. The van der Waals surface area contributed by atoms with Crippen LogP contribution in [0.4, 0.5) is 0 Å². The summed E-state index contributed by atoms with van der Waals surface area (Å²) in [4.78, 5) is 13.2. The zero-order valence-electron chi connectivity index (χ0n) is 17.2. The highest BCUT2D eigenvalue weighted by Crippen LogP contribution is 2.37. The average Bonchev–Trinajstić information content (AvgIpc) is 3.05. The van der Waals surface area contributed by atoms with E-state index >= 15 is 0 Å². The molecular weight excluding hydrogens is 352 g/mol. The molecule has 0 bridgehead atoms. The predicted molar refractivity (Wildman–Crippen MR) is 111 cm³/mol. The van der Waals surface area contributed by atoms with Crippen molar-refractivity contribution in [3.63, 3.8) is 0 Å². The largest absolute Gasteiger partial charge is 0.497 e. The highest BCUT2D eigenvalue weighted by atomic mass is 16.5. The van der Waals surface area contributed by atoms with Crippen molar-refractivity contribution < 1.29 is 14.6 Å². The van der Waals surface area contributed by atoms with Crippen molar-refractivity contribution in [3.05, 3.63) is 65.2 Å². The zero-order valence-corrected chi connectivity index (χ0v) is 17.2. The lowest BCUT2D eigenvalue weighted by Crippen LogP contribution is -2.43. The second-order valence-corrected chi connectivity index (χ2v) is 8.19. The molecule has 0 fully saturated rings. The molecule has 28 heavy (non-hydrogen) atoms. The van der Waals surface area contributed by atoms with Gasteiger partial charge in [-0.3, -0.25) is 4.79 Å². The van der Waals surface area contributed by atoms with E-state index in [2.05, 4.69) is 25.9 Å². The molecule has 1 heterocycles. The van der Waals surface area contributed by atoms with Crippen LogP contribution in [0.2, 0.25) is 0 Å². The monoisotopic (exact) mass is 380 g/mol. The number of amides is 1. The number of aliphatic hydroxyl groups is 1. The smallest absolute Gasteiger partial charge is 0.276 e. The topological polar surface area (TPSA) is 62.1 Å². The molecule has 1 unspecified atom stereocenters.